The van der Waals surface area contributed by atoms with Crippen LogP contribution in [0, 0.1) is 5.82 Å². The SMILES string of the molecule is O=C(Cc1ccccc1F)NCCNc1cc(Nc2ccccn2)ncn1. The number of amides is 1. The molecule has 0 radical (unpaired) electrons. The Labute approximate surface area is 156 Å². The maximum atomic E-state index is 13.5. The quantitative estimate of drug-likeness (QED) is 0.531. The molecule has 3 aromatic rings. The maximum absolute atomic E-state index is 13.5. The van der Waals surface area contributed by atoms with Crippen molar-refractivity contribution in [3.05, 3.63) is 72.4 Å². The van der Waals surface area contributed by atoms with Gasteiger partial charge in [-0.1, -0.05) is 24.3 Å². The average molecular weight is 366 g/mol. The molecule has 0 aliphatic heterocycles. The Hall–Kier alpha value is -3.55. The smallest absolute Gasteiger partial charge is 0.224 e. The zero-order valence-electron chi connectivity index (χ0n) is 14.5. The third-order valence-corrected chi connectivity index (χ3v) is 3.65. The number of hydrogen-bond acceptors (Lipinski definition) is 6. The molecule has 1 aromatic carbocycles. The summed E-state index contributed by atoms with van der Waals surface area (Å²) in [5.41, 5.74) is 0.379. The second-order valence-corrected chi connectivity index (χ2v) is 5.67. The first kappa shape index (κ1) is 18.2. The summed E-state index contributed by atoms with van der Waals surface area (Å²) in [5, 5.41) is 8.93. The van der Waals surface area contributed by atoms with Crippen molar-refractivity contribution >= 4 is 23.4 Å². The molecule has 7 nitrogen and oxygen atoms in total. The molecule has 138 valence electrons. The highest BCUT2D eigenvalue weighted by atomic mass is 19.1. The van der Waals surface area contributed by atoms with Crippen LogP contribution in [0.15, 0.2) is 61.1 Å². The molecule has 0 bridgehead atoms. The van der Waals surface area contributed by atoms with Crippen LogP contribution in [0.4, 0.5) is 21.8 Å². The lowest BCUT2D eigenvalue weighted by Crippen LogP contribution is -2.30. The summed E-state index contributed by atoms with van der Waals surface area (Å²) in [5.74, 6) is 1.30. The minimum Gasteiger partial charge on any atom is -0.368 e. The fourth-order valence-corrected chi connectivity index (χ4v) is 2.36. The van der Waals surface area contributed by atoms with Crippen LogP contribution in [0.25, 0.3) is 0 Å². The number of halogens is 1. The fourth-order valence-electron chi connectivity index (χ4n) is 2.36. The van der Waals surface area contributed by atoms with Gasteiger partial charge in [0.15, 0.2) is 0 Å². The highest BCUT2D eigenvalue weighted by molar-refractivity contribution is 5.78. The number of nitrogens with one attached hydrogen (secondary N) is 3. The molecule has 2 heterocycles. The van der Waals surface area contributed by atoms with Crippen LogP contribution < -0.4 is 16.0 Å². The van der Waals surface area contributed by atoms with E-state index in [4.69, 9.17) is 0 Å². The third-order valence-electron chi connectivity index (χ3n) is 3.65. The van der Waals surface area contributed by atoms with Crippen LogP contribution >= 0.6 is 0 Å². The van der Waals surface area contributed by atoms with Crippen LogP contribution in [0.5, 0.6) is 0 Å². The van der Waals surface area contributed by atoms with Crippen molar-refractivity contribution < 1.29 is 9.18 Å². The van der Waals surface area contributed by atoms with Gasteiger partial charge in [-0.15, -0.1) is 0 Å². The van der Waals surface area contributed by atoms with Crippen molar-refractivity contribution in [3.63, 3.8) is 0 Å². The van der Waals surface area contributed by atoms with Gasteiger partial charge < -0.3 is 16.0 Å². The molecule has 27 heavy (non-hydrogen) atoms. The van der Waals surface area contributed by atoms with Crippen molar-refractivity contribution in [2.24, 2.45) is 0 Å². The lowest BCUT2D eigenvalue weighted by atomic mass is 10.1. The number of pyridine rings is 1. The Bertz CT molecular complexity index is 890. The Balaban J connectivity index is 1.43. The topological polar surface area (TPSA) is 91.8 Å². The number of anilines is 3. The van der Waals surface area contributed by atoms with Gasteiger partial charge in [-0.25, -0.2) is 19.3 Å². The van der Waals surface area contributed by atoms with E-state index in [-0.39, 0.29) is 18.1 Å². The summed E-state index contributed by atoms with van der Waals surface area (Å²) in [4.78, 5) is 24.3. The first-order chi connectivity index (χ1) is 13.2. The van der Waals surface area contributed by atoms with Gasteiger partial charge in [0.05, 0.1) is 6.42 Å². The van der Waals surface area contributed by atoms with E-state index in [1.165, 1.54) is 12.4 Å². The number of carbonyl (C=O) groups excluding carboxylic acids is 1. The third kappa shape index (κ3) is 5.74. The van der Waals surface area contributed by atoms with E-state index >= 15 is 0 Å². The van der Waals surface area contributed by atoms with E-state index < -0.39 is 0 Å². The molecule has 0 aliphatic rings. The second-order valence-electron chi connectivity index (χ2n) is 5.67. The lowest BCUT2D eigenvalue weighted by molar-refractivity contribution is -0.120. The predicted molar refractivity (Wildman–Crippen MR) is 101 cm³/mol. The number of benzene rings is 1. The minimum atomic E-state index is -0.375. The summed E-state index contributed by atoms with van der Waals surface area (Å²) in [7, 11) is 0. The second kappa shape index (κ2) is 9.23. The van der Waals surface area contributed by atoms with Crippen molar-refractivity contribution in [1.29, 1.82) is 0 Å². The van der Waals surface area contributed by atoms with Gasteiger partial charge in [0.25, 0.3) is 0 Å². The molecule has 0 saturated heterocycles. The van der Waals surface area contributed by atoms with Crippen molar-refractivity contribution in [1.82, 2.24) is 20.3 Å². The molecular weight excluding hydrogens is 347 g/mol. The highest BCUT2D eigenvalue weighted by Crippen LogP contribution is 2.13. The van der Waals surface area contributed by atoms with Crippen molar-refractivity contribution in [2.45, 2.75) is 6.42 Å². The fraction of sp³-hybridized carbons (Fsp3) is 0.158. The standard InChI is InChI=1S/C19H19FN6O/c20-15-6-2-1-5-14(15)11-19(27)23-10-9-22-17-12-18(25-13-24-17)26-16-7-3-4-8-21-16/h1-8,12-13H,9-11H2,(H,23,27)(H2,21,22,24,25,26). The Morgan fingerprint density at radius 1 is 0.926 bits per heavy atom. The minimum absolute atomic E-state index is 0.0122. The molecular formula is C19H19FN6O. The number of rotatable bonds is 8. The van der Waals surface area contributed by atoms with Crippen LogP contribution in [0.1, 0.15) is 5.56 Å². The molecule has 0 unspecified atom stereocenters. The predicted octanol–water partition coefficient (Wildman–Crippen LogP) is 2.53. The summed E-state index contributed by atoms with van der Waals surface area (Å²) < 4.78 is 13.5. The number of aromatic nitrogens is 3. The average Bonchev–Trinajstić information content (AvgIpc) is 2.68. The molecule has 3 N–H and O–H groups in total. The van der Waals surface area contributed by atoms with E-state index in [2.05, 4.69) is 30.9 Å². The van der Waals surface area contributed by atoms with Crippen LogP contribution in [-0.2, 0) is 11.2 Å². The van der Waals surface area contributed by atoms with Gasteiger partial charge in [0, 0.05) is 25.4 Å². The van der Waals surface area contributed by atoms with Crippen LogP contribution in [0.3, 0.4) is 0 Å². The van der Waals surface area contributed by atoms with E-state index in [1.54, 1.807) is 30.5 Å². The first-order valence-corrected chi connectivity index (χ1v) is 8.45. The highest BCUT2D eigenvalue weighted by Gasteiger charge is 2.07. The van der Waals surface area contributed by atoms with Gasteiger partial charge >= 0.3 is 0 Å². The van der Waals surface area contributed by atoms with Gasteiger partial charge in [-0.2, -0.15) is 0 Å². The van der Waals surface area contributed by atoms with E-state index in [0.29, 0.717) is 36.1 Å². The van der Waals surface area contributed by atoms with E-state index in [0.717, 1.165) is 0 Å². The van der Waals surface area contributed by atoms with E-state index in [9.17, 15) is 9.18 Å². The van der Waals surface area contributed by atoms with E-state index in [1.807, 2.05) is 18.2 Å². The Morgan fingerprint density at radius 2 is 1.74 bits per heavy atom. The largest absolute Gasteiger partial charge is 0.368 e. The lowest BCUT2D eigenvalue weighted by Gasteiger charge is -2.09. The zero-order valence-corrected chi connectivity index (χ0v) is 14.5. The molecule has 0 spiro atoms. The van der Waals surface area contributed by atoms with Crippen LogP contribution in [0.2, 0.25) is 0 Å². The summed E-state index contributed by atoms with van der Waals surface area (Å²) in [6, 6.07) is 13.5. The molecule has 0 aliphatic carbocycles. The molecule has 0 saturated carbocycles. The molecule has 3 rings (SSSR count). The number of nitrogens with zero attached hydrogens (tertiary/aromatic N) is 3. The molecule has 8 heteroatoms. The Kier molecular flexibility index (Phi) is 6.24. The van der Waals surface area contributed by atoms with Crippen LogP contribution in [-0.4, -0.2) is 33.9 Å². The van der Waals surface area contributed by atoms with Crippen molar-refractivity contribution in [2.75, 3.05) is 23.7 Å². The normalized spacial score (nSPS) is 10.3. The summed E-state index contributed by atoms with van der Waals surface area (Å²) in [6.45, 7) is 0.864. The molecule has 0 atom stereocenters. The Morgan fingerprint density at radius 3 is 2.56 bits per heavy atom. The molecule has 0 fully saturated rings. The van der Waals surface area contributed by atoms with Crippen molar-refractivity contribution in [3.8, 4) is 0 Å². The zero-order chi connectivity index (χ0) is 18.9. The number of hydrogen-bond donors (Lipinski definition) is 3. The van der Waals surface area contributed by atoms with Gasteiger partial charge in [0.2, 0.25) is 5.91 Å². The monoisotopic (exact) mass is 366 g/mol. The summed E-state index contributed by atoms with van der Waals surface area (Å²) >= 11 is 0. The molecule has 1 amide bonds. The molecule has 2 aromatic heterocycles. The summed E-state index contributed by atoms with van der Waals surface area (Å²) in [6.07, 6.45) is 3.13. The number of carbonyl (C=O) groups is 1. The van der Waals surface area contributed by atoms with Gasteiger partial charge in [0.1, 0.15) is 29.6 Å². The van der Waals surface area contributed by atoms with Gasteiger partial charge in [-0.3, -0.25) is 4.79 Å². The first-order valence-electron chi connectivity index (χ1n) is 8.45. The van der Waals surface area contributed by atoms with Gasteiger partial charge in [-0.05, 0) is 23.8 Å². The maximum Gasteiger partial charge on any atom is 0.224 e.